The van der Waals surface area contributed by atoms with Crippen LogP contribution in [-0.4, -0.2) is 33.3 Å². The van der Waals surface area contributed by atoms with Gasteiger partial charge in [-0.25, -0.2) is 9.61 Å². The zero-order chi connectivity index (χ0) is 21.9. The zero-order valence-corrected chi connectivity index (χ0v) is 17.3. The van der Waals surface area contributed by atoms with Crippen LogP contribution in [-0.2, 0) is 6.42 Å². The van der Waals surface area contributed by atoms with E-state index < -0.39 is 4.92 Å². The Morgan fingerprint density at radius 2 is 1.81 bits per heavy atom. The number of nitro groups is 1. The molecule has 0 atom stereocenters. The van der Waals surface area contributed by atoms with Gasteiger partial charge in [0, 0.05) is 19.3 Å². The molecule has 0 amide bonds. The summed E-state index contributed by atoms with van der Waals surface area (Å²) in [5.74, 6) is 1.11. The van der Waals surface area contributed by atoms with E-state index in [2.05, 4.69) is 49.8 Å². The van der Waals surface area contributed by atoms with Crippen LogP contribution in [0.2, 0.25) is 0 Å². The largest absolute Gasteiger partial charge is 0.370 e. The molecule has 0 spiro atoms. The second kappa shape index (κ2) is 8.62. The quantitative estimate of drug-likeness (QED) is 0.345. The highest BCUT2D eigenvalue weighted by Crippen LogP contribution is 2.40. The zero-order valence-electron chi connectivity index (χ0n) is 17.3. The van der Waals surface area contributed by atoms with Crippen molar-refractivity contribution in [1.29, 1.82) is 0 Å². The molecule has 0 radical (unpaired) electrons. The molecule has 1 aliphatic rings. The van der Waals surface area contributed by atoms with Gasteiger partial charge in [0.05, 0.1) is 10.6 Å². The predicted octanol–water partition coefficient (Wildman–Crippen LogP) is 4.73. The van der Waals surface area contributed by atoms with Gasteiger partial charge >= 0.3 is 5.69 Å². The van der Waals surface area contributed by atoms with Crippen LogP contribution < -0.4 is 10.2 Å². The number of nitrogens with zero attached hydrogens (tertiary/aromatic N) is 5. The van der Waals surface area contributed by atoms with Crippen molar-refractivity contribution < 1.29 is 9.55 Å². The fourth-order valence-corrected chi connectivity index (χ4v) is 4.33. The fraction of sp³-hybridized carbons (Fsp3) is 0.261. The number of anilines is 3. The van der Waals surface area contributed by atoms with Gasteiger partial charge in [0.2, 0.25) is 5.52 Å². The minimum atomic E-state index is -0.465. The highest BCUT2D eigenvalue weighted by Gasteiger charge is 2.29. The van der Waals surface area contributed by atoms with Crippen LogP contribution in [0.4, 0.5) is 22.9 Å². The molecule has 0 bridgehead atoms. The molecule has 1 saturated heterocycles. The number of pyridine rings is 1. The lowest BCUT2D eigenvalue weighted by atomic mass is 9.90. The van der Waals surface area contributed by atoms with Crippen LogP contribution >= 0.6 is 0 Å². The number of benzene rings is 2. The van der Waals surface area contributed by atoms with Crippen molar-refractivity contribution >= 4 is 33.9 Å². The van der Waals surface area contributed by atoms with Crippen molar-refractivity contribution in [3.8, 4) is 0 Å². The molecule has 3 heterocycles. The molecule has 32 heavy (non-hydrogen) atoms. The van der Waals surface area contributed by atoms with Gasteiger partial charge < -0.3 is 10.2 Å². The van der Waals surface area contributed by atoms with Crippen LogP contribution in [0.1, 0.15) is 18.4 Å². The van der Waals surface area contributed by atoms with Crippen molar-refractivity contribution in [3.05, 3.63) is 76.5 Å². The average molecular weight is 430 g/mol. The first-order valence-electron chi connectivity index (χ1n) is 10.6. The number of hydrogen-bond acceptors (Lipinski definition) is 8. The maximum absolute atomic E-state index is 11.9. The Bertz CT molecular complexity index is 1220. The summed E-state index contributed by atoms with van der Waals surface area (Å²) in [5.41, 5.74) is 2.82. The second-order valence-electron chi connectivity index (χ2n) is 7.97. The number of nitrogens with one attached hydrogen (secondary N) is 1. The van der Waals surface area contributed by atoms with Gasteiger partial charge in [0.1, 0.15) is 11.5 Å². The number of nitro benzene ring substituents is 1. The molecule has 4 aromatic rings. The summed E-state index contributed by atoms with van der Waals surface area (Å²) in [6.45, 7) is 1.67. The molecule has 1 aliphatic heterocycles. The summed E-state index contributed by atoms with van der Waals surface area (Å²) in [7, 11) is 0. The number of rotatable bonds is 6. The third-order valence-corrected chi connectivity index (χ3v) is 5.92. The molecule has 2 aromatic carbocycles. The topological polar surface area (TPSA) is 110 Å². The van der Waals surface area contributed by atoms with Crippen molar-refractivity contribution in [1.82, 2.24) is 15.3 Å². The lowest BCUT2D eigenvalue weighted by Crippen LogP contribution is -2.34. The normalized spacial score (nSPS) is 14.6. The minimum absolute atomic E-state index is 0.136. The molecule has 1 N–H and O–H groups in total. The minimum Gasteiger partial charge on any atom is -0.370 e. The molecular weight excluding hydrogens is 408 g/mol. The van der Waals surface area contributed by atoms with Crippen molar-refractivity contribution in [2.45, 2.75) is 19.3 Å². The van der Waals surface area contributed by atoms with E-state index in [-0.39, 0.29) is 11.2 Å². The summed E-state index contributed by atoms with van der Waals surface area (Å²) in [4.78, 5) is 17.8. The smallest absolute Gasteiger partial charge is 0.324 e. The number of fused-ring (bicyclic) bond motifs is 1. The van der Waals surface area contributed by atoms with Crippen LogP contribution in [0.25, 0.3) is 11.0 Å². The molecule has 0 saturated carbocycles. The van der Waals surface area contributed by atoms with Gasteiger partial charge in [0.25, 0.3) is 0 Å². The Balaban J connectivity index is 1.43. The van der Waals surface area contributed by atoms with Gasteiger partial charge in [-0.15, -0.1) is 0 Å². The third kappa shape index (κ3) is 3.96. The molecule has 2 aromatic heterocycles. The van der Waals surface area contributed by atoms with E-state index in [0.29, 0.717) is 22.9 Å². The van der Waals surface area contributed by atoms with E-state index in [9.17, 15) is 10.1 Å². The average Bonchev–Trinajstić information content (AvgIpc) is 3.30. The standard InChI is InChI=1S/C23H22N6O3/c30-29(31)23-18(25-20-8-4-5-11-24-20)15-19(21-22(23)27-32-26-21)28-12-9-17(10-13-28)14-16-6-2-1-3-7-16/h1-8,11,15,17H,9-10,12-14H2,(H,24,25). The van der Waals surface area contributed by atoms with E-state index >= 15 is 0 Å². The van der Waals surface area contributed by atoms with Crippen molar-refractivity contribution in [2.75, 3.05) is 23.3 Å². The Hall–Kier alpha value is -4.01. The Morgan fingerprint density at radius 3 is 2.53 bits per heavy atom. The fourth-order valence-electron chi connectivity index (χ4n) is 4.33. The monoisotopic (exact) mass is 430 g/mol. The molecule has 1 fully saturated rings. The molecule has 0 aliphatic carbocycles. The number of hydrogen-bond donors (Lipinski definition) is 1. The first-order valence-corrected chi connectivity index (χ1v) is 10.6. The van der Waals surface area contributed by atoms with E-state index in [1.165, 1.54) is 5.56 Å². The second-order valence-corrected chi connectivity index (χ2v) is 7.97. The highest BCUT2D eigenvalue weighted by molar-refractivity contribution is 6.00. The molecular formula is C23H22N6O3. The molecule has 5 rings (SSSR count). The summed E-state index contributed by atoms with van der Waals surface area (Å²) >= 11 is 0. The van der Waals surface area contributed by atoms with E-state index in [1.807, 2.05) is 12.1 Å². The van der Waals surface area contributed by atoms with Crippen molar-refractivity contribution in [3.63, 3.8) is 0 Å². The van der Waals surface area contributed by atoms with E-state index in [4.69, 9.17) is 4.63 Å². The van der Waals surface area contributed by atoms with Crippen LogP contribution in [0.5, 0.6) is 0 Å². The van der Waals surface area contributed by atoms with Crippen LogP contribution in [0.3, 0.4) is 0 Å². The van der Waals surface area contributed by atoms with Gasteiger partial charge in [-0.05, 0) is 59.3 Å². The molecule has 9 nitrogen and oxygen atoms in total. The maximum Gasteiger partial charge on any atom is 0.324 e. The van der Waals surface area contributed by atoms with Gasteiger partial charge in [0.15, 0.2) is 5.52 Å². The molecule has 0 unspecified atom stereocenters. The van der Waals surface area contributed by atoms with Gasteiger partial charge in [-0.1, -0.05) is 36.4 Å². The van der Waals surface area contributed by atoms with E-state index in [1.54, 1.807) is 24.4 Å². The Labute approximate surface area is 184 Å². The van der Waals surface area contributed by atoms with Crippen LogP contribution in [0, 0.1) is 16.0 Å². The first kappa shape index (κ1) is 19.9. The highest BCUT2D eigenvalue weighted by atomic mass is 16.6. The van der Waals surface area contributed by atoms with Gasteiger partial charge in [-0.3, -0.25) is 10.1 Å². The molecule has 162 valence electrons. The maximum atomic E-state index is 11.9. The Kier molecular flexibility index (Phi) is 5.37. The Morgan fingerprint density at radius 1 is 1.06 bits per heavy atom. The SMILES string of the molecule is O=[N+]([O-])c1c(Nc2ccccn2)cc(N2CCC(Cc3ccccc3)CC2)c2nonc12. The van der Waals surface area contributed by atoms with Gasteiger partial charge in [-0.2, -0.15) is 0 Å². The number of piperidine rings is 1. The first-order chi connectivity index (χ1) is 15.7. The molecule has 9 heteroatoms. The summed E-state index contributed by atoms with van der Waals surface area (Å²) < 4.78 is 4.92. The van der Waals surface area contributed by atoms with Crippen LogP contribution in [0.15, 0.2) is 65.4 Å². The summed E-state index contributed by atoms with van der Waals surface area (Å²) in [6.07, 6.45) is 4.74. The number of aromatic nitrogens is 3. The summed E-state index contributed by atoms with van der Waals surface area (Å²) in [5, 5.41) is 22.8. The lowest BCUT2D eigenvalue weighted by Gasteiger charge is -2.33. The van der Waals surface area contributed by atoms with E-state index in [0.717, 1.165) is 38.0 Å². The predicted molar refractivity (Wildman–Crippen MR) is 121 cm³/mol. The summed E-state index contributed by atoms with van der Waals surface area (Å²) in [6, 6.07) is 17.6. The van der Waals surface area contributed by atoms with Crippen molar-refractivity contribution in [2.24, 2.45) is 5.92 Å². The third-order valence-electron chi connectivity index (χ3n) is 5.92. The lowest BCUT2D eigenvalue weighted by molar-refractivity contribution is -0.382.